The number of ketones is 1. The molecule has 1 unspecified atom stereocenters. The number of likely N-dealkylation sites (tertiary alicyclic amines) is 1. The van der Waals surface area contributed by atoms with Crippen LogP contribution >= 0.6 is 0 Å². The number of methoxy groups -OCH3 is 1. The van der Waals surface area contributed by atoms with Gasteiger partial charge in [0.05, 0.1) is 53.0 Å². The van der Waals surface area contributed by atoms with Crippen molar-refractivity contribution in [3.8, 4) is 17.2 Å². The molecule has 4 aliphatic rings. The van der Waals surface area contributed by atoms with Gasteiger partial charge < -0.3 is 44.7 Å². The lowest BCUT2D eigenvalue weighted by molar-refractivity contribution is -0.160. The number of aliphatic hydroxyl groups excluding tert-OH is 2. The fourth-order valence-corrected chi connectivity index (χ4v) is 9.71. The molecule has 15 nitrogen and oxygen atoms in total. The smallest absolute Gasteiger partial charge is 0.312 e. The van der Waals surface area contributed by atoms with E-state index in [1.165, 1.54) is 32.8 Å². The number of nitrogens with zero attached hydrogens (tertiary/aromatic N) is 3. The molecule has 1 fully saturated rings. The van der Waals surface area contributed by atoms with Crippen molar-refractivity contribution in [1.29, 1.82) is 0 Å². The number of fused-ring (bicyclic) bond motifs is 1. The van der Waals surface area contributed by atoms with Crippen molar-refractivity contribution < 1.29 is 53.8 Å². The first-order valence-electron chi connectivity index (χ1n) is 22.4. The Morgan fingerprint density at radius 3 is 2.29 bits per heavy atom. The van der Waals surface area contributed by atoms with E-state index >= 15 is 0 Å². The van der Waals surface area contributed by atoms with Gasteiger partial charge in [-0.3, -0.25) is 29.3 Å². The number of anilines is 1. The number of phenols is 2. The van der Waals surface area contributed by atoms with Crippen LogP contribution in [0, 0.1) is 30.6 Å². The summed E-state index contributed by atoms with van der Waals surface area (Å²) < 4.78 is 24.1. The molecular weight excluding hydrogens is 833 g/mol. The van der Waals surface area contributed by atoms with Crippen molar-refractivity contribution in [3.05, 3.63) is 93.9 Å². The van der Waals surface area contributed by atoms with Gasteiger partial charge in [0.15, 0.2) is 5.75 Å². The molecule has 0 radical (unpaired) electrons. The molecule has 0 saturated carbocycles. The largest absolute Gasteiger partial charge is 0.507 e. The third kappa shape index (κ3) is 9.03. The number of phenolic OH excluding ortho intramolecular Hbond substituents is 2. The predicted molar refractivity (Wildman–Crippen MR) is 243 cm³/mol. The van der Waals surface area contributed by atoms with Crippen LogP contribution in [0.1, 0.15) is 82.8 Å². The Morgan fingerprint density at radius 2 is 1.63 bits per heavy atom. The Labute approximate surface area is 379 Å². The average Bonchev–Trinajstić information content (AvgIpc) is 3.55. The number of esters is 1. The second kappa shape index (κ2) is 18.7. The number of ether oxygens (including phenoxy) is 4. The highest BCUT2D eigenvalue weighted by Crippen LogP contribution is 2.49. The third-order valence-corrected chi connectivity index (χ3v) is 13.9. The highest BCUT2D eigenvalue weighted by Gasteiger charge is 2.50. The van der Waals surface area contributed by atoms with Crippen LogP contribution in [-0.2, 0) is 30.3 Å². The van der Waals surface area contributed by atoms with Gasteiger partial charge in [-0.1, -0.05) is 76.3 Å². The van der Waals surface area contributed by atoms with Gasteiger partial charge in [0, 0.05) is 80.8 Å². The van der Waals surface area contributed by atoms with Gasteiger partial charge in [-0.15, -0.1) is 0 Å². The van der Waals surface area contributed by atoms with E-state index in [4.69, 9.17) is 28.9 Å². The number of nitrogens with one attached hydrogen (secondary N) is 1. The van der Waals surface area contributed by atoms with Crippen LogP contribution in [0.2, 0.25) is 0 Å². The van der Waals surface area contributed by atoms with E-state index in [-0.39, 0.29) is 61.9 Å². The minimum absolute atomic E-state index is 0.0311. The Kier molecular flexibility index (Phi) is 13.6. The summed E-state index contributed by atoms with van der Waals surface area (Å²) in [7, 11) is 1.47. The molecule has 4 heterocycles. The van der Waals surface area contributed by atoms with Crippen LogP contribution in [0.3, 0.4) is 0 Å². The summed E-state index contributed by atoms with van der Waals surface area (Å²) in [5.41, 5.74) is 0.869. The van der Waals surface area contributed by atoms with Crippen LogP contribution in [-0.4, -0.2) is 105 Å². The number of Topliss-reactive ketones (excluding diaryl/α,β-unsaturated/α-hetero) is 1. The maximum absolute atomic E-state index is 14.9. The molecule has 1 saturated heterocycles. The van der Waals surface area contributed by atoms with Gasteiger partial charge in [-0.25, -0.2) is 0 Å². The second-order valence-electron chi connectivity index (χ2n) is 18.5. The minimum atomic E-state index is -1.97. The molecule has 3 aromatic rings. The van der Waals surface area contributed by atoms with E-state index in [2.05, 4.69) is 22.3 Å². The van der Waals surface area contributed by atoms with Crippen molar-refractivity contribution in [3.63, 3.8) is 0 Å². The van der Waals surface area contributed by atoms with Crippen molar-refractivity contribution in [2.75, 3.05) is 32.1 Å². The summed E-state index contributed by atoms with van der Waals surface area (Å²) in [5, 5.41) is 50.4. The van der Waals surface area contributed by atoms with E-state index in [0.717, 1.165) is 19.6 Å². The number of carbonyl (C=O) groups is 3. The number of amides is 1. The van der Waals surface area contributed by atoms with Gasteiger partial charge in [0.25, 0.3) is 11.7 Å². The number of hydrogen-bond donors (Lipinski definition) is 5. The Balaban J connectivity index is 1.38. The fourth-order valence-electron chi connectivity index (χ4n) is 9.71. The SMILES string of the molecule is CO[C@H]1/C=C/O[C@@]2(C)Oc3c(C)c(O)c4c(O)c(c5c(c4c3C2=O)=NC2(CCN(Cc3ccccc3)CC2)CN=5)NC(=O)/C(C)=C\C=C\[C@H](C)[C@H](O)[C@@H](C)[C@@H](O)[C@@H](C)[C@H](OC(C)=O)C1C. The first-order chi connectivity index (χ1) is 30.8. The maximum atomic E-state index is 14.9. The quantitative estimate of drug-likeness (QED) is 0.166. The second-order valence-corrected chi connectivity index (χ2v) is 18.5. The highest BCUT2D eigenvalue weighted by atomic mass is 16.7. The molecule has 15 heteroatoms. The third-order valence-electron chi connectivity index (χ3n) is 13.9. The predicted octanol–water partition coefficient (Wildman–Crippen LogP) is 5.34. The zero-order valence-electron chi connectivity index (χ0n) is 38.6. The molecule has 7 rings (SSSR count). The van der Waals surface area contributed by atoms with Crippen LogP contribution in [0.25, 0.3) is 10.8 Å². The van der Waals surface area contributed by atoms with E-state index < -0.39 is 82.8 Å². The molecule has 348 valence electrons. The van der Waals surface area contributed by atoms with Crippen LogP contribution in [0.5, 0.6) is 17.2 Å². The van der Waals surface area contributed by atoms with Crippen molar-refractivity contribution in [2.45, 2.75) is 111 Å². The summed E-state index contributed by atoms with van der Waals surface area (Å²) in [6.45, 7) is 15.4. The molecule has 1 amide bonds. The molecule has 4 aliphatic heterocycles. The number of allylic oxidation sites excluding steroid dienone is 2. The van der Waals surface area contributed by atoms with E-state index in [1.807, 2.05) is 18.2 Å². The van der Waals surface area contributed by atoms with Crippen LogP contribution in [0.4, 0.5) is 5.69 Å². The number of aromatic hydroxyl groups is 2. The average molecular weight is 895 g/mol. The molecule has 5 N–H and O–H groups in total. The number of carbonyl (C=O) groups excluding carboxylic acids is 3. The summed E-state index contributed by atoms with van der Waals surface area (Å²) >= 11 is 0. The molecule has 65 heavy (non-hydrogen) atoms. The molecule has 9 atom stereocenters. The minimum Gasteiger partial charge on any atom is -0.507 e. The lowest BCUT2D eigenvalue weighted by atomic mass is 9.78. The molecular formula is C50H62N4O11. The van der Waals surface area contributed by atoms with Gasteiger partial charge >= 0.3 is 11.8 Å². The molecule has 1 spiro atoms. The fraction of sp³-hybridized carbons (Fsp3) is 0.500. The van der Waals surface area contributed by atoms with E-state index in [1.54, 1.807) is 65.8 Å². The highest BCUT2D eigenvalue weighted by molar-refractivity contribution is 6.19. The standard InChI is InChI=1S/C50H62N4O11/c1-26-14-13-15-27(2)48(61)52-40-39-38(53-50(25-51-39)19-21-54(22-20-50)24-33-16-11-10-12-17-33)35-36(44(40)59)43(58)31(6)46-37(35)47(60)49(8,65-46)63-23-18-34(62-9)28(3)45(64-32(7)55)30(5)42(57)29(4)41(26)56/h10-18,23,26,28-30,34,41-42,45,56-59H,19-22,24-25H2,1-9H3,(H,52,61)/b14-13+,23-18+,27-15-/t26-,28?,29+,30+,34-,41-,42+,45+,49-/m0/s1. The van der Waals surface area contributed by atoms with Crippen molar-refractivity contribution in [2.24, 2.45) is 33.7 Å². The first-order valence-corrected chi connectivity index (χ1v) is 22.4. The number of aliphatic hydroxyl groups is 2. The molecule has 4 bridgehead atoms. The lowest BCUT2D eigenvalue weighted by Crippen LogP contribution is -2.50. The summed E-state index contributed by atoms with van der Waals surface area (Å²) in [4.78, 5) is 54.0. The normalized spacial score (nSPS) is 31.4. The van der Waals surface area contributed by atoms with Crippen LogP contribution in [0.15, 0.2) is 76.5 Å². The Morgan fingerprint density at radius 1 is 0.938 bits per heavy atom. The van der Waals surface area contributed by atoms with Gasteiger partial charge in [-0.2, -0.15) is 0 Å². The monoisotopic (exact) mass is 894 g/mol. The van der Waals surface area contributed by atoms with Crippen LogP contribution < -0.4 is 20.8 Å². The zero-order valence-corrected chi connectivity index (χ0v) is 38.6. The summed E-state index contributed by atoms with van der Waals surface area (Å²) in [6, 6.07) is 10.2. The molecule has 0 aromatic heterocycles. The maximum Gasteiger partial charge on any atom is 0.312 e. The summed E-state index contributed by atoms with van der Waals surface area (Å²) in [5.74, 6) is -6.98. The molecule has 0 aliphatic carbocycles. The van der Waals surface area contributed by atoms with Crippen molar-refractivity contribution in [1.82, 2.24) is 4.90 Å². The zero-order chi connectivity index (χ0) is 47.1. The van der Waals surface area contributed by atoms with Gasteiger partial charge in [0.1, 0.15) is 28.6 Å². The number of hydrogen-bond acceptors (Lipinski definition) is 14. The topological polar surface area (TPSA) is 209 Å². The number of rotatable bonds is 4. The molecule has 3 aromatic carbocycles. The summed E-state index contributed by atoms with van der Waals surface area (Å²) in [6.07, 6.45) is 5.20. The lowest BCUT2D eigenvalue weighted by Gasteiger charge is -2.39. The number of piperidine rings is 1. The van der Waals surface area contributed by atoms with E-state index in [0.29, 0.717) is 12.8 Å². The Bertz CT molecular complexity index is 2570. The van der Waals surface area contributed by atoms with Gasteiger partial charge in [0.2, 0.25) is 0 Å². The number of benzene rings is 3. The first kappa shape index (κ1) is 47.4. The Hall–Kier alpha value is -5.61. The van der Waals surface area contributed by atoms with Crippen molar-refractivity contribution >= 4 is 34.1 Å². The van der Waals surface area contributed by atoms with Gasteiger partial charge in [-0.05, 0) is 38.3 Å². The van der Waals surface area contributed by atoms with E-state index in [9.17, 15) is 34.8 Å².